The van der Waals surface area contributed by atoms with Crippen molar-refractivity contribution in [3.8, 4) is 0 Å². The molecule has 3 nitrogen and oxygen atoms in total. The molecule has 0 aromatic carbocycles. The fourth-order valence-electron chi connectivity index (χ4n) is 1.82. The number of epoxide rings is 1. The van der Waals surface area contributed by atoms with Gasteiger partial charge in [-0.15, -0.1) is 0 Å². The van der Waals surface area contributed by atoms with Crippen LogP contribution < -0.4 is 0 Å². The molecule has 1 saturated heterocycles. The third kappa shape index (κ3) is 8.93. The molecule has 0 bridgehead atoms. The van der Waals surface area contributed by atoms with E-state index in [1.54, 1.807) is 0 Å². The van der Waals surface area contributed by atoms with Crippen LogP contribution in [0, 0.1) is 0 Å². The Balaban J connectivity index is 1.68. The summed E-state index contributed by atoms with van der Waals surface area (Å²) in [5.74, 6) is -0.313. The topological polar surface area (TPSA) is 38.8 Å². The predicted octanol–water partition coefficient (Wildman–Crippen LogP) is 3.24. The Labute approximate surface area is 104 Å². The minimum Gasteiger partial charge on any atom is -0.463 e. The SMILES string of the molecule is C=CC(=O)OCCCCCCCCCC1CO1. The number of esters is 1. The average molecular weight is 240 g/mol. The predicted molar refractivity (Wildman–Crippen MR) is 67.8 cm³/mol. The summed E-state index contributed by atoms with van der Waals surface area (Å²) in [5, 5.41) is 0. The number of ether oxygens (including phenoxy) is 2. The van der Waals surface area contributed by atoms with Crippen molar-refractivity contribution in [3.05, 3.63) is 12.7 Å². The summed E-state index contributed by atoms with van der Waals surface area (Å²) in [6, 6.07) is 0. The van der Waals surface area contributed by atoms with Gasteiger partial charge >= 0.3 is 5.97 Å². The molecule has 1 atom stereocenters. The molecular formula is C14H24O3. The number of hydrogen-bond donors (Lipinski definition) is 0. The molecule has 1 unspecified atom stereocenters. The van der Waals surface area contributed by atoms with E-state index in [4.69, 9.17) is 9.47 Å². The molecule has 0 N–H and O–H groups in total. The maximum Gasteiger partial charge on any atom is 0.330 e. The number of carbonyl (C=O) groups is 1. The monoisotopic (exact) mass is 240 g/mol. The Kier molecular flexibility index (Phi) is 7.72. The summed E-state index contributed by atoms with van der Waals surface area (Å²) >= 11 is 0. The largest absolute Gasteiger partial charge is 0.463 e. The Hall–Kier alpha value is -0.830. The zero-order valence-electron chi connectivity index (χ0n) is 10.7. The zero-order valence-corrected chi connectivity index (χ0v) is 10.7. The molecule has 1 aliphatic rings. The van der Waals surface area contributed by atoms with Crippen molar-refractivity contribution in [2.75, 3.05) is 13.2 Å². The fraction of sp³-hybridized carbons (Fsp3) is 0.786. The first kappa shape index (κ1) is 14.2. The summed E-state index contributed by atoms with van der Waals surface area (Å²) < 4.78 is 10.1. The van der Waals surface area contributed by atoms with Crippen LogP contribution in [0.3, 0.4) is 0 Å². The van der Waals surface area contributed by atoms with Gasteiger partial charge in [0.15, 0.2) is 0 Å². The number of hydrogen-bond acceptors (Lipinski definition) is 3. The van der Waals surface area contributed by atoms with E-state index < -0.39 is 0 Å². The van der Waals surface area contributed by atoms with Crippen LogP contribution in [0.4, 0.5) is 0 Å². The first-order chi connectivity index (χ1) is 8.33. The summed E-state index contributed by atoms with van der Waals surface area (Å²) in [6.07, 6.45) is 11.7. The molecule has 0 aliphatic carbocycles. The highest BCUT2D eigenvalue weighted by atomic mass is 16.6. The van der Waals surface area contributed by atoms with Crippen LogP contribution >= 0.6 is 0 Å². The van der Waals surface area contributed by atoms with Gasteiger partial charge in [-0.3, -0.25) is 0 Å². The highest BCUT2D eigenvalue weighted by Crippen LogP contribution is 2.18. The van der Waals surface area contributed by atoms with Crippen LogP contribution in [-0.2, 0) is 14.3 Å². The lowest BCUT2D eigenvalue weighted by Crippen LogP contribution is -2.01. The Morgan fingerprint density at radius 3 is 2.35 bits per heavy atom. The van der Waals surface area contributed by atoms with Gasteiger partial charge in [0, 0.05) is 6.08 Å². The minimum atomic E-state index is -0.313. The van der Waals surface area contributed by atoms with E-state index in [2.05, 4.69) is 6.58 Å². The maximum atomic E-state index is 10.7. The molecule has 17 heavy (non-hydrogen) atoms. The second-order valence-electron chi connectivity index (χ2n) is 4.59. The Morgan fingerprint density at radius 2 is 1.76 bits per heavy atom. The molecule has 98 valence electrons. The highest BCUT2D eigenvalue weighted by Gasteiger charge is 2.20. The van der Waals surface area contributed by atoms with E-state index in [0.29, 0.717) is 12.7 Å². The van der Waals surface area contributed by atoms with Crippen molar-refractivity contribution in [2.45, 2.75) is 57.5 Å². The van der Waals surface area contributed by atoms with Crippen molar-refractivity contribution in [2.24, 2.45) is 0 Å². The molecular weight excluding hydrogens is 216 g/mol. The van der Waals surface area contributed by atoms with Gasteiger partial charge in [-0.25, -0.2) is 4.79 Å². The quantitative estimate of drug-likeness (QED) is 0.241. The van der Waals surface area contributed by atoms with Gasteiger partial charge in [0.2, 0.25) is 0 Å². The molecule has 1 aliphatic heterocycles. The molecule has 0 amide bonds. The third-order valence-corrected chi connectivity index (χ3v) is 2.98. The summed E-state index contributed by atoms with van der Waals surface area (Å²) in [5.41, 5.74) is 0. The van der Waals surface area contributed by atoms with Gasteiger partial charge in [0.1, 0.15) is 0 Å². The Morgan fingerprint density at radius 1 is 1.18 bits per heavy atom. The van der Waals surface area contributed by atoms with Gasteiger partial charge in [-0.2, -0.15) is 0 Å². The zero-order chi connectivity index (χ0) is 12.3. The van der Waals surface area contributed by atoms with Gasteiger partial charge in [-0.05, 0) is 12.8 Å². The van der Waals surface area contributed by atoms with Crippen LogP contribution in [0.25, 0.3) is 0 Å². The van der Waals surface area contributed by atoms with Crippen LogP contribution in [0.2, 0.25) is 0 Å². The van der Waals surface area contributed by atoms with Crippen LogP contribution in [0.15, 0.2) is 12.7 Å². The smallest absolute Gasteiger partial charge is 0.330 e. The molecule has 3 heteroatoms. The average Bonchev–Trinajstić information content (AvgIpc) is 3.15. The molecule has 0 aromatic rings. The fourth-order valence-corrected chi connectivity index (χ4v) is 1.82. The van der Waals surface area contributed by atoms with Gasteiger partial charge in [-0.1, -0.05) is 45.1 Å². The van der Waals surface area contributed by atoms with E-state index in [9.17, 15) is 4.79 Å². The second kappa shape index (κ2) is 9.23. The maximum absolute atomic E-state index is 10.7. The van der Waals surface area contributed by atoms with Crippen LogP contribution in [0.1, 0.15) is 51.4 Å². The van der Waals surface area contributed by atoms with E-state index in [1.165, 1.54) is 44.6 Å². The summed E-state index contributed by atoms with van der Waals surface area (Å²) in [4.78, 5) is 10.7. The van der Waals surface area contributed by atoms with Gasteiger partial charge < -0.3 is 9.47 Å². The van der Waals surface area contributed by atoms with E-state index in [1.807, 2.05) is 0 Å². The third-order valence-electron chi connectivity index (χ3n) is 2.98. The van der Waals surface area contributed by atoms with Crippen molar-refractivity contribution in [1.29, 1.82) is 0 Å². The second-order valence-corrected chi connectivity index (χ2v) is 4.59. The first-order valence-corrected chi connectivity index (χ1v) is 6.73. The number of rotatable bonds is 11. The van der Waals surface area contributed by atoms with Crippen LogP contribution in [0.5, 0.6) is 0 Å². The highest BCUT2D eigenvalue weighted by molar-refractivity contribution is 5.81. The van der Waals surface area contributed by atoms with Crippen molar-refractivity contribution < 1.29 is 14.3 Å². The van der Waals surface area contributed by atoms with Gasteiger partial charge in [0.25, 0.3) is 0 Å². The normalized spacial score (nSPS) is 17.8. The molecule has 0 spiro atoms. The van der Waals surface area contributed by atoms with Crippen molar-refractivity contribution >= 4 is 5.97 Å². The van der Waals surface area contributed by atoms with E-state index in [0.717, 1.165) is 19.4 Å². The Bertz CT molecular complexity index is 222. The number of unbranched alkanes of at least 4 members (excludes halogenated alkanes) is 6. The van der Waals surface area contributed by atoms with Crippen molar-refractivity contribution in [3.63, 3.8) is 0 Å². The number of carbonyl (C=O) groups excluding carboxylic acids is 1. The molecule has 1 heterocycles. The molecule has 0 aromatic heterocycles. The lowest BCUT2D eigenvalue weighted by Gasteiger charge is -2.02. The molecule has 1 rings (SSSR count). The molecule has 0 radical (unpaired) electrons. The lowest BCUT2D eigenvalue weighted by molar-refractivity contribution is -0.137. The molecule has 0 saturated carbocycles. The molecule has 1 fully saturated rings. The summed E-state index contributed by atoms with van der Waals surface area (Å²) in [6.45, 7) is 4.87. The van der Waals surface area contributed by atoms with Crippen LogP contribution in [-0.4, -0.2) is 25.3 Å². The minimum absolute atomic E-state index is 0.313. The van der Waals surface area contributed by atoms with Crippen molar-refractivity contribution in [1.82, 2.24) is 0 Å². The lowest BCUT2D eigenvalue weighted by atomic mass is 10.1. The van der Waals surface area contributed by atoms with E-state index >= 15 is 0 Å². The standard InChI is InChI=1S/C14H24O3/c1-2-14(15)16-11-9-7-5-3-4-6-8-10-13-12-17-13/h2,13H,1,3-12H2. The first-order valence-electron chi connectivity index (χ1n) is 6.73. The van der Waals surface area contributed by atoms with E-state index in [-0.39, 0.29) is 5.97 Å². The van der Waals surface area contributed by atoms with Gasteiger partial charge in [0.05, 0.1) is 19.3 Å². The summed E-state index contributed by atoms with van der Waals surface area (Å²) in [7, 11) is 0.